The van der Waals surface area contributed by atoms with Gasteiger partial charge in [-0.1, -0.05) is 18.6 Å². The van der Waals surface area contributed by atoms with Gasteiger partial charge in [0.15, 0.2) is 12.0 Å². The lowest BCUT2D eigenvalue weighted by Crippen LogP contribution is -2.28. The molecule has 0 spiro atoms. The monoisotopic (exact) mass is 451 g/mol. The fourth-order valence-corrected chi connectivity index (χ4v) is 3.99. The van der Waals surface area contributed by atoms with Crippen molar-refractivity contribution in [2.24, 2.45) is 5.73 Å². The van der Waals surface area contributed by atoms with Crippen molar-refractivity contribution in [1.29, 1.82) is 0 Å². The number of ether oxygens (including phenoxy) is 1. The number of H-pyrrole nitrogens is 1. The van der Waals surface area contributed by atoms with Crippen LogP contribution in [0.25, 0.3) is 11.3 Å². The van der Waals surface area contributed by atoms with Gasteiger partial charge >= 0.3 is 0 Å². The van der Waals surface area contributed by atoms with Crippen LogP contribution in [-0.2, 0) is 11.2 Å². The molecule has 1 atom stereocenters. The molecule has 1 aliphatic carbocycles. The number of hydrogen-bond acceptors (Lipinski definition) is 4. The van der Waals surface area contributed by atoms with E-state index in [4.69, 9.17) is 15.9 Å². The standard InChI is InChI=1S/C25H30N4O4/c1-4-17(30)8-10-28-25(32)20-13-29-23(15(20)3)21(7-9-26)33-18-5-6-19-16(12-18)11-14(2)22(19)24(27)31/h5-7,9,12-13,17,26,29-30H,4,8,10-11H2,1-3H3,(H2,27,31)(H,28,32)/p+1/b21-7+,26-9?. The zero-order chi connectivity index (χ0) is 24.1. The maximum atomic E-state index is 12.6. The van der Waals surface area contributed by atoms with E-state index in [-0.39, 0.29) is 5.91 Å². The Balaban J connectivity index is 1.78. The zero-order valence-electron chi connectivity index (χ0n) is 19.2. The minimum atomic E-state index is -0.435. The summed E-state index contributed by atoms with van der Waals surface area (Å²) >= 11 is 0. The third-order valence-corrected chi connectivity index (χ3v) is 5.82. The molecule has 0 bridgehead atoms. The van der Waals surface area contributed by atoms with Crippen LogP contribution in [0.2, 0.25) is 0 Å². The van der Waals surface area contributed by atoms with Crippen LogP contribution >= 0.6 is 0 Å². The molecule has 1 heterocycles. The van der Waals surface area contributed by atoms with Crippen molar-refractivity contribution >= 4 is 29.4 Å². The van der Waals surface area contributed by atoms with Gasteiger partial charge in [-0.15, -0.1) is 0 Å². The van der Waals surface area contributed by atoms with E-state index in [0.717, 1.165) is 16.7 Å². The molecule has 1 aliphatic rings. The van der Waals surface area contributed by atoms with E-state index in [0.29, 0.717) is 59.7 Å². The van der Waals surface area contributed by atoms with Gasteiger partial charge < -0.3 is 25.9 Å². The second kappa shape index (κ2) is 10.3. The number of primary amides is 1. The highest BCUT2D eigenvalue weighted by atomic mass is 16.5. The van der Waals surface area contributed by atoms with Gasteiger partial charge in [0.05, 0.1) is 17.4 Å². The number of benzene rings is 1. The maximum absolute atomic E-state index is 12.6. The lowest BCUT2D eigenvalue weighted by Gasteiger charge is -2.12. The molecule has 0 saturated carbocycles. The van der Waals surface area contributed by atoms with Gasteiger partial charge in [0.2, 0.25) is 5.91 Å². The highest BCUT2D eigenvalue weighted by Gasteiger charge is 2.24. The highest BCUT2D eigenvalue weighted by molar-refractivity contribution is 6.21. The number of aliphatic hydroxyl groups excluding tert-OH is 1. The molecule has 1 aromatic carbocycles. The molecule has 1 unspecified atom stereocenters. The van der Waals surface area contributed by atoms with Gasteiger partial charge in [0.25, 0.3) is 5.91 Å². The van der Waals surface area contributed by atoms with Gasteiger partial charge in [-0.05, 0) is 61.9 Å². The molecule has 0 fully saturated rings. The van der Waals surface area contributed by atoms with Crippen molar-refractivity contribution in [1.82, 2.24) is 10.3 Å². The Hall–Kier alpha value is -3.65. The average molecular weight is 452 g/mol. The van der Waals surface area contributed by atoms with E-state index in [2.05, 4.69) is 10.3 Å². The molecule has 0 aliphatic heterocycles. The predicted molar refractivity (Wildman–Crippen MR) is 127 cm³/mol. The zero-order valence-corrected chi connectivity index (χ0v) is 19.2. The Labute approximate surface area is 193 Å². The molecule has 174 valence electrons. The van der Waals surface area contributed by atoms with Crippen LogP contribution in [0.1, 0.15) is 59.4 Å². The first-order valence-electron chi connectivity index (χ1n) is 11.0. The summed E-state index contributed by atoms with van der Waals surface area (Å²) in [6, 6.07) is 5.48. The van der Waals surface area contributed by atoms with Crippen LogP contribution in [0.3, 0.4) is 0 Å². The predicted octanol–water partition coefficient (Wildman–Crippen LogP) is 1.28. The smallest absolute Gasteiger partial charge is 0.253 e. The van der Waals surface area contributed by atoms with E-state index in [1.165, 1.54) is 6.21 Å². The fourth-order valence-electron chi connectivity index (χ4n) is 3.99. The Kier molecular flexibility index (Phi) is 7.50. The lowest BCUT2D eigenvalue weighted by molar-refractivity contribution is -0.112. The van der Waals surface area contributed by atoms with Crippen molar-refractivity contribution < 1.29 is 24.8 Å². The van der Waals surface area contributed by atoms with E-state index in [1.54, 1.807) is 18.3 Å². The maximum Gasteiger partial charge on any atom is 0.253 e. The minimum absolute atomic E-state index is 0.229. The molecule has 1 aromatic heterocycles. The largest absolute Gasteiger partial charge is 0.455 e. The first kappa shape index (κ1) is 24.0. The van der Waals surface area contributed by atoms with Crippen LogP contribution in [-0.4, -0.2) is 40.8 Å². The normalized spacial score (nSPS) is 14.1. The number of carbonyl (C=O) groups excluding carboxylic acids is 2. The molecule has 0 radical (unpaired) electrons. The molecule has 2 aromatic rings. The SMILES string of the molecule is CCC(O)CCNC(=O)c1c[nH]c(/C(=C\C=[NH2+])Oc2ccc3c(c2)CC(C)=C3C(N)=O)c1C. The number of allylic oxidation sites excluding steroid dienone is 2. The average Bonchev–Trinajstić information content (AvgIpc) is 3.31. The minimum Gasteiger partial charge on any atom is -0.455 e. The van der Waals surface area contributed by atoms with Crippen molar-refractivity contribution in [2.75, 3.05) is 6.54 Å². The summed E-state index contributed by atoms with van der Waals surface area (Å²) in [6.45, 7) is 6.00. The number of nitrogens with one attached hydrogen (secondary N) is 2. The summed E-state index contributed by atoms with van der Waals surface area (Å²) in [5, 5.41) is 18.1. The fraction of sp³-hybridized carbons (Fsp3) is 0.320. The molecule has 8 heteroatoms. The van der Waals surface area contributed by atoms with Crippen molar-refractivity contribution in [3.8, 4) is 5.75 Å². The molecule has 33 heavy (non-hydrogen) atoms. The third kappa shape index (κ3) is 5.23. The summed E-state index contributed by atoms with van der Waals surface area (Å²) < 4.78 is 6.12. The molecular formula is C25H31N4O4+. The number of aliphatic hydroxyl groups is 1. The van der Waals surface area contributed by atoms with Gasteiger partial charge in [-0.25, -0.2) is 0 Å². The first-order chi connectivity index (χ1) is 15.8. The molecular weight excluding hydrogens is 420 g/mol. The number of nitrogens with two attached hydrogens (primary N) is 2. The van der Waals surface area contributed by atoms with Crippen LogP contribution in [0.4, 0.5) is 0 Å². The van der Waals surface area contributed by atoms with E-state index in [1.807, 2.05) is 32.9 Å². The van der Waals surface area contributed by atoms with E-state index >= 15 is 0 Å². The summed E-state index contributed by atoms with van der Waals surface area (Å²) in [6.07, 6.45) is 5.95. The second-order valence-corrected chi connectivity index (χ2v) is 8.15. The molecule has 2 amide bonds. The van der Waals surface area contributed by atoms with Crippen molar-refractivity contribution in [3.63, 3.8) is 0 Å². The first-order valence-corrected chi connectivity index (χ1v) is 11.0. The molecule has 7 N–H and O–H groups in total. The third-order valence-electron chi connectivity index (χ3n) is 5.82. The Morgan fingerprint density at radius 3 is 2.79 bits per heavy atom. The number of amides is 2. The van der Waals surface area contributed by atoms with Gasteiger partial charge in [0, 0.05) is 24.4 Å². The number of fused-ring (bicyclic) bond motifs is 1. The van der Waals surface area contributed by atoms with Gasteiger partial charge in [-0.2, -0.15) is 0 Å². The molecule has 3 rings (SSSR count). The number of carbonyl (C=O) groups is 2. The Morgan fingerprint density at radius 2 is 2.12 bits per heavy atom. The van der Waals surface area contributed by atoms with Crippen LogP contribution in [0.5, 0.6) is 5.75 Å². The summed E-state index contributed by atoms with van der Waals surface area (Å²) in [4.78, 5) is 27.5. The number of aromatic nitrogens is 1. The van der Waals surface area contributed by atoms with Crippen molar-refractivity contribution in [3.05, 3.63) is 64.0 Å². The quantitative estimate of drug-likeness (QED) is 0.274. The number of hydrogen-bond donors (Lipinski definition) is 5. The highest BCUT2D eigenvalue weighted by Crippen LogP contribution is 2.35. The van der Waals surface area contributed by atoms with E-state index < -0.39 is 12.0 Å². The topological polar surface area (TPSA) is 143 Å². The molecule has 8 nitrogen and oxygen atoms in total. The van der Waals surface area contributed by atoms with Crippen LogP contribution < -0.4 is 21.2 Å². The van der Waals surface area contributed by atoms with Gasteiger partial charge in [0.1, 0.15) is 5.75 Å². The Bertz CT molecular complexity index is 1140. The van der Waals surface area contributed by atoms with Crippen LogP contribution in [0.15, 0.2) is 36.0 Å². The Morgan fingerprint density at radius 1 is 1.36 bits per heavy atom. The lowest BCUT2D eigenvalue weighted by atomic mass is 10.0. The van der Waals surface area contributed by atoms with Gasteiger partial charge in [-0.3, -0.25) is 15.0 Å². The summed E-state index contributed by atoms with van der Waals surface area (Å²) in [5.41, 5.74) is 10.6. The molecule has 0 saturated heterocycles. The van der Waals surface area contributed by atoms with Crippen LogP contribution in [0, 0.1) is 6.92 Å². The van der Waals surface area contributed by atoms with Crippen molar-refractivity contribution in [2.45, 2.75) is 46.1 Å². The van der Waals surface area contributed by atoms with E-state index in [9.17, 15) is 14.7 Å². The number of rotatable bonds is 10. The summed E-state index contributed by atoms with van der Waals surface area (Å²) in [7, 11) is 0. The second-order valence-electron chi connectivity index (χ2n) is 8.15. The number of aromatic amines is 1. The summed E-state index contributed by atoms with van der Waals surface area (Å²) in [5.74, 6) is 0.366.